The fraction of sp³-hybridized carbons (Fsp3) is 0.222. The molecule has 0 radical (unpaired) electrons. The molecule has 0 aromatic heterocycles. The van der Waals surface area contributed by atoms with Crippen LogP contribution in [0.15, 0.2) is 152 Å². The molecular weight excluding hydrogens is 764 g/mol. The molecule has 0 aliphatic carbocycles. The second-order valence-corrected chi connectivity index (χ2v) is 13.4. The Bertz CT molecular complexity index is 2190. The zero-order valence-corrected chi connectivity index (χ0v) is 31.2. The molecule has 0 unspecified atom stereocenters. The number of rotatable bonds is 12. The Kier molecular flexibility index (Phi) is 13.1. The summed E-state index contributed by atoms with van der Waals surface area (Å²) in [6.07, 6.45) is -12.8. The van der Waals surface area contributed by atoms with Crippen molar-refractivity contribution in [2.24, 2.45) is 0 Å². The minimum absolute atomic E-state index is 0.103. The van der Waals surface area contributed by atoms with Crippen LogP contribution in [-0.2, 0) is 37.9 Å². The molecule has 7 rings (SSSR count). The number of esters is 5. The van der Waals surface area contributed by atoms with Crippen LogP contribution in [-0.4, -0.2) is 97.4 Å². The lowest BCUT2D eigenvalue weighted by Crippen LogP contribution is -2.63. The van der Waals surface area contributed by atoms with Gasteiger partial charge in [0.05, 0.1) is 41.0 Å². The first-order valence-electron chi connectivity index (χ1n) is 18.6. The monoisotopic (exact) mass is 802 g/mol. The van der Waals surface area contributed by atoms with Crippen LogP contribution in [0.2, 0.25) is 0 Å². The van der Waals surface area contributed by atoms with Crippen LogP contribution in [0.4, 0.5) is 0 Å². The van der Waals surface area contributed by atoms with E-state index in [0.29, 0.717) is 0 Å². The highest BCUT2D eigenvalue weighted by molar-refractivity contribution is 5.92. The lowest BCUT2D eigenvalue weighted by Gasteiger charge is -2.44. The number of hydrogen-bond acceptors (Lipinski definition) is 14. The third-order valence-electron chi connectivity index (χ3n) is 9.37. The van der Waals surface area contributed by atoms with E-state index in [2.05, 4.69) is 0 Å². The van der Waals surface area contributed by atoms with Gasteiger partial charge in [-0.05, 0) is 60.7 Å². The third-order valence-corrected chi connectivity index (χ3v) is 9.37. The minimum Gasteiger partial charge on any atom is -0.452 e. The lowest BCUT2D eigenvalue weighted by atomic mass is 10.0. The third kappa shape index (κ3) is 10.1. The van der Waals surface area contributed by atoms with Gasteiger partial charge in [-0.25, -0.2) is 24.0 Å². The zero-order chi connectivity index (χ0) is 41.1. The molecule has 2 aliphatic heterocycles. The normalized spacial score (nSPS) is 23.8. The van der Waals surface area contributed by atoms with Gasteiger partial charge >= 0.3 is 29.8 Å². The van der Waals surface area contributed by atoms with Gasteiger partial charge in [-0.15, -0.1) is 0 Å². The molecule has 2 aliphatic rings. The molecule has 302 valence electrons. The van der Waals surface area contributed by atoms with Crippen LogP contribution in [0.5, 0.6) is 0 Å². The number of aliphatic hydroxyl groups excluding tert-OH is 1. The predicted molar refractivity (Wildman–Crippen MR) is 205 cm³/mol. The summed E-state index contributed by atoms with van der Waals surface area (Å²) in [6, 6.07) is 39.9. The lowest BCUT2D eigenvalue weighted by molar-refractivity contribution is -0.334. The van der Waals surface area contributed by atoms with E-state index < -0.39 is 92.3 Å². The first-order chi connectivity index (χ1) is 28.7. The summed E-state index contributed by atoms with van der Waals surface area (Å²) in [7, 11) is 0. The summed E-state index contributed by atoms with van der Waals surface area (Å²) in [4.78, 5) is 67.7. The SMILES string of the molecule is O=C(O[C@@H]1[C@@H](OC(=O)c2ccccc2)[C@H](O[C@@H]2[C@H](OC(=O)c3ccccc3)[C@@H](OC(=O)c3ccccc3)CO[C@H]2O)OC[C@@H]1OC(=O)c1ccccc1)c1ccccc1. The molecule has 5 aromatic carbocycles. The molecule has 0 bridgehead atoms. The van der Waals surface area contributed by atoms with Gasteiger partial charge in [0.15, 0.2) is 49.2 Å². The molecule has 0 saturated carbocycles. The Morgan fingerprint density at radius 2 is 0.678 bits per heavy atom. The second-order valence-electron chi connectivity index (χ2n) is 13.4. The molecule has 8 atom stereocenters. The average molecular weight is 803 g/mol. The van der Waals surface area contributed by atoms with Crippen LogP contribution in [0.3, 0.4) is 0 Å². The zero-order valence-electron chi connectivity index (χ0n) is 31.2. The number of hydrogen-bond donors (Lipinski definition) is 1. The summed E-state index contributed by atoms with van der Waals surface area (Å²) in [5.74, 6) is -4.18. The van der Waals surface area contributed by atoms with E-state index >= 15 is 0 Å². The number of benzene rings is 5. The van der Waals surface area contributed by atoms with Gasteiger partial charge in [0, 0.05) is 0 Å². The summed E-state index contributed by atoms with van der Waals surface area (Å²) in [6.45, 7) is -0.890. The summed E-state index contributed by atoms with van der Waals surface area (Å²) in [5.41, 5.74) is 0.737. The largest absolute Gasteiger partial charge is 0.452 e. The number of aliphatic hydroxyl groups is 1. The Morgan fingerprint density at radius 1 is 0.390 bits per heavy atom. The van der Waals surface area contributed by atoms with Gasteiger partial charge in [0.1, 0.15) is 0 Å². The highest BCUT2D eigenvalue weighted by Crippen LogP contribution is 2.32. The van der Waals surface area contributed by atoms with Gasteiger partial charge in [-0.2, -0.15) is 0 Å². The molecule has 1 N–H and O–H groups in total. The molecule has 2 saturated heterocycles. The summed E-state index contributed by atoms with van der Waals surface area (Å²) < 4.78 is 47.6. The first kappa shape index (κ1) is 40.5. The summed E-state index contributed by atoms with van der Waals surface area (Å²) in [5, 5.41) is 11.3. The molecule has 0 amide bonds. The van der Waals surface area contributed by atoms with Crippen molar-refractivity contribution in [3.05, 3.63) is 179 Å². The highest BCUT2D eigenvalue weighted by Gasteiger charge is 2.53. The second kappa shape index (κ2) is 19.2. The van der Waals surface area contributed by atoms with Crippen molar-refractivity contribution in [3.63, 3.8) is 0 Å². The molecule has 14 nitrogen and oxygen atoms in total. The Morgan fingerprint density at radius 3 is 1.03 bits per heavy atom. The van der Waals surface area contributed by atoms with Crippen molar-refractivity contribution >= 4 is 29.8 Å². The van der Waals surface area contributed by atoms with Crippen LogP contribution in [0.25, 0.3) is 0 Å². The predicted octanol–water partition coefficient (Wildman–Crippen LogP) is 5.20. The molecule has 14 heteroatoms. The maximum absolute atomic E-state index is 13.8. The van der Waals surface area contributed by atoms with Crippen molar-refractivity contribution in [2.75, 3.05) is 13.2 Å². The maximum Gasteiger partial charge on any atom is 0.338 e. The smallest absolute Gasteiger partial charge is 0.338 e. The van der Waals surface area contributed by atoms with E-state index in [0.717, 1.165) is 0 Å². The molecule has 0 spiro atoms. The van der Waals surface area contributed by atoms with Crippen molar-refractivity contribution < 1.29 is 67.0 Å². The van der Waals surface area contributed by atoms with Crippen LogP contribution in [0.1, 0.15) is 51.8 Å². The van der Waals surface area contributed by atoms with Crippen molar-refractivity contribution in [2.45, 2.75) is 49.2 Å². The maximum atomic E-state index is 13.8. The van der Waals surface area contributed by atoms with Crippen molar-refractivity contribution in [1.29, 1.82) is 0 Å². The van der Waals surface area contributed by atoms with E-state index in [9.17, 15) is 29.1 Å². The van der Waals surface area contributed by atoms with Gasteiger partial charge in [0.25, 0.3) is 0 Å². The van der Waals surface area contributed by atoms with Gasteiger partial charge in [0.2, 0.25) is 0 Å². The average Bonchev–Trinajstić information content (AvgIpc) is 3.28. The Hall–Kier alpha value is -6.71. The molecule has 2 heterocycles. The topological polar surface area (TPSA) is 179 Å². The fourth-order valence-electron chi connectivity index (χ4n) is 6.39. The van der Waals surface area contributed by atoms with Gasteiger partial charge in [-0.1, -0.05) is 91.0 Å². The fourth-order valence-corrected chi connectivity index (χ4v) is 6.39. The van der Waals surface area contributed by atoms with E-state index in [1.165, 1.54) is 60.7 Å². The van der Waals surface area contributed by atoms with Gasteiger partial charge < -0.3 is 43.0 Å². The summed E-state index contributed by atoms with van der Waals surface area (Å²) >= 11 is 0. The van der Waals surface area contributed by atoms with E-state index in [4.69, 9.17) is 37.9 Å². The number of carbonyl (C=O) groups is 5. The Balaban J connectivity index is 1.24. The number of carbonyl (C=O) groups excluding carboxylic acids is 5. The van der Waals surface area contributed by atoms with Crippen molar-refractivity contribution in [3.8, 4) is 0 Å². The quantitative estimate of drug-likeness (QED) is 0.128. The molecular formula is C45H38O14. The first-order valence-corrected chi connectivity index (χ1v) is 18.6. The minimum atomic E-state index is -1.83. The highest BCUT2D eigenvalue weighted by atomic mass is 16.8. The van der Waals surface area contributed by atoms with Gasteiger partial charge in [-0.3, -0.25) is 0 Å². The Labute approximate surface area is 338 Å². The van der Waals surface area contributed by atoms with Crippen LogP contribution >= 0.6 is 0 Å². The molecule has 2 fully saturated rings. The van der Waals surface area contributed by atoms with E-state index in [1.807, 2.05) is 0 Å². The van der Waals surface area contributed by atoms with E-state index in [1.54, 1.807) is 91.0 Å². The molecule has 5 aromatic rings. The standard InChI is InChI=1S/C45H38O14/c46-39(28-16-6-1-7-17-28)54-33-26-52-44(51)37(35(33)56-41(48)30-20-10-3-11-21-30)59-45-38(58-43(50)32-24-14-5-15-25-32)36(57-42(49)31-22-12-4-13-23-31)34(27-53-45)55-40(47)29-18-8-2-9-19-29/h1-25,33-38,44-45,51H,26-27H2/t33-,34-,35+,36-,37+,38+,44+,45-/m0/s1. The molecule has 59 heavy (non-hydrogen) atoms. The van der Waals surface area contributed by atoms with E-state index in [-0.39, 0.29) is 27.8 Å². The number of ether oxygens (including phenoxy) is 8. The van der Waals surface area contributed by atoms with Crippen LogP contribution < -0.4 is 0 Å². The van der Waals surface area contributed by atoms with Crippen molar-refractivity contribution in [1.82, 2.24) is 0 Å². The van der Waals surface area contributed by atoms with Crippen LogP contribution in [0, 0.1) is 0 Å².